The van der Waals surface area contributed by atoms with Crippen LogP contribution >= 0.6 is 0 Å². The van der Waals surface area contributed by atoms with Gasteiger partial charge in [0.25, 0.3) is 0 Å². The van der Waals surface area contributed by atoms with E-state index in [1.165, 1.54) is 12.1 Å². The number of anilines is 1. The molecule has 4 rings (SSSR count). The second-order valence-electron chi connectivity index (χ2n) is 6.27. The van der Waals surface area contributed by atoms with Crippen LogP contribution in [0.1, 0.15) is 22.5 Å². The molecule has 0 fully saturated rings. The van der Waals surface area contributed by atoms with Crippen LogP contribution in [0.2, 0.25) is 0 Å². The van der Waals surface area contributed by atoms with Gasteiger partial charge < -0.3 is 5.32 Å². The van der Waals surface area contributed by atoms with E-state index in [1.807, 2.05) is 54.6 Å². The minimum Gasteiger partial charge on any atom is -0.381 e. The third-order valence-corrected chi connectivity index (χ3v) is 4.28. The molecule has 0 radical (unpaired) electrons. The third kappa shape index (κ3) is 3.89. The van der Waals surface area contributed by atoms with Gasteiger partial charge >= 0.3 is 0 Å². The number of hydrogen-bond donors (Lipinski definition) is 2. The number of benzene rings is 2. The summed E-state index contributed by atoms with van der Waals surface area (Å²) in [4.78, 5) is 4.27. The fourth-order valence-corrected chi connectivity index (χ4v) is 2.93. The van der Waals surface area contributed by atoms with Crippen molar-refractivity contribution in [3.63, 3.8) is 0 Å². The quantitative estimate of drug-likeness (QED) is 0.532. The number of nitrogens with zero attached hydrogens (tertiary/aromatic N) is 3. The molecule has 4 aromatic rings. The maximum absolute atomic E-state index is 13.6. The smallest absolute Gasteiger partial charge is 0.124 e. The van der Waals surface area contributed by atoms with E-state index in [2.05, 4.69) is 20.5 Å². The molecule has 0 spiro atoms. The van der Waals surface area contributed by atoms with Crippen molar-refractivity contribution in [1.29, 1.82) is 5.26 Å². The molecule has 2 aromatic carbocycles. The highest BCUT2D eigenvalue weighted by molar-refractivity contribution is 5.91. The number of halogens is 1. The summed E-state index contributed by atoms with van der Waals surface area (Å²) < 4.78 is 13.6. The van der Waals surface area contributed by atoms with Crippen LogP contribution in [0.15, 0.2) is 60.8 Å². The molecule has 28 heavy (non-hydrogen) atoms. The lowest BCUT2D eigenvalue weighted by atomic mass is 10.1. The summed E-state index contributed by atoms with van der Waals surface area (Å²) in [6.07, 6.45) is 5.60. The number of aromatic nitrogens is 3. The van der Waals surface area contributed by atoms with Gasteiger partial charge in [-0.25, -0.2) is 4.39 Å². The Hall–Kier alpha value is -3.98. The second kappa shape index (κ2) is 7.72. The van der Waals surface area contributed by atoms with Gasteiger partial charge in [0.2, 0.25) is 0 Å². The maximum Gasteiger partial charge on any atom is 0.124 e. The molecule has 5 nitrogen and oxygen atoms in total. The van der Waals surface area contributed by atoms with E-state index in [0.717, 1.165) is 28.0 Å². The predicted octanol–water partition coefficient (Wildman–Crippen LogP) is 4.75. The van der Waals surface area contributed by atoms with Crippen LogP contribution < -0.4 is 5.32 Å². The van der Waals surface area contributed by atoms with Gasteiger partial charge in [-0.2, -0.15) is 10.4 Å². The molecule has 0 aliphatic rings. The minimum absolute atomic E-state index is 0.309. The Kier molecular flexibility index (Phi) is 4.81. The molecule has 0 saturated carbocycles. The number of pyridine rings is 1. The Morgan fingerprint density at radius 1 is 1.11 bits per heavy atom. The average Bonchev–Trinajstić information content (AvgIpc) is 3.13. The molecule has 0 aliphatic carbocycles. The van der Waals surface area contributed by atoms with E-state index in [-0.39, 0.29) is 0 Å². The van der Waals surface area contributed by atoms with Crippen molar-refractivity contribution in [2.45, 2.75) is 6.54 Å². The standard InChI is InChI=1S/C22H16FN5/c23-17-10-15(13-24)9-16(11-17)14-26-19-5-7-22-20(12-19)21(27-28-22)6-4-18-3-1-2-8-25-18/h1-12,26H,14H2,(H,27,28)/b6-4+. The van der Waals surface area contributed by atoms with E-state index < -0.39 is 5.82 Å². The molecule has 6 heteroatoms. The van der Waals surface area contributed by atoms with Crippen molar-refractivity contribution in [2.24, 2.45) is 0 Å². The molecule has 0 saturated heterocycles. The number of aromatic amines is 1. The summed E-state index contributed by atoms with van der Waals surface area (Å²) in [6.45, 7) is 0.412. The van der Waals surface area contributed by atoms with E-state index in [4.69, 9.17) is 5.26 Å². The van der Waals surface area contributed by atoms with Gasteiger partial charge in [0.1, 0.15) is 5.82 Å². The van der Waals surface area contributed by atoms with Crippen LogP contribution in [0, 0.1) is 17.1 Å². The van der Waals surface area contributed by atoms with E-state index in [9.17, 15) is 4.39 Å². The zero-order chi connectivity index (χ0) is 19.3. The highest BCUT2D eigenvalue weighted by atomic mass is 19.1. The Balaban J connectivity index is 1.55. The lowest BCUT2D eigenvalue weighted by Crippen LogP contribution is -2.00. The molecule has 2 aromatic heterocycles. The first-order chi connectivity index (χ1) is 13.7. The van der Waals surface area contributed by atoms with Gasteiger partial charge in [-0.15, -0.1) is 0 Å². The molecule has 0 aliphatic heterocycles. The minimum atomic E-state index is -0.414. The number of nitriles is 1. The average molecular weight is 369 g/mol. The lowest BCUT2D eigenvalue weighted by Gasteiger charge is -2.07. The molecule has 0 atom stereocenters. The third-order valence-electron chi connectivity index (χ3n) is 4.28. The van der Waals surface area contributed by atoms with Crippen LogP contribution in [-0.2, 0) is 6.54 Å². The topological polar surface area (TPSA) is 77.4 Å². The monoisotopic (exact) mass is 369 g/mol. The first-order valence-corrected chi connectivity index (χ1v) is 8.72. The zero-order valence-corrected chi connectivity index (χ0v) is 14.9. The van der Waals surface area contributed by atoms with Crippen molar-refractivity contribution in [1.82, 2.24) is 15.2 Å². The van der Waals surface area contributed by atoms with Crippen molar-refractivity contribution >= 4 is 28.7 Å². The number of H-pyrrole nitrogens is 1. The van der Waals surface area contributed by atoms with Crippen molar-refractivity contribution in [3.8, 4) is 6.07 Å². The molecule has 0 unspecified atom stereocenters. The Bertz CT molecular complexity index is 1190. The van der Waals surface area contributed by atoms with Gasteiger partial charge in [-0.3, -0.25) is 10.1 Å². The molecule has 2 heterocycles. The summed E-state index contributed by atoms with van der Waals surface area (Å²) in [5.41, 5.74) is 4.48. The van der Waals surface area contributed by atoms with Crippen LogP contribution in [-0.4, -0.2) is 15.2 Å². The number of rotatable bonds is 5. The van der Waals surface area contributed by atoms with Crippen molar-refractivity contribution < 1.29 is 4.39 Å². The van der Waals surface area contributed by atoms with Crippen LogP contribution in [0.25, 0.3) is 23.1 Å². The largest absolute Gasteiger partial charge is 0.381 e. The zero-order valence-electron chi connectivity index (χ0n) is 14.9. The summed E-state index contributed by atoms with van der Waals surface area (Å²) in [7, 11) is 0. The van der Waals surface area contributed by atoms with Crippen molar-refractivity contribution in [3.05, 3.63) is 89.1 Å². The summed E-state index contributed by atoms with van der Waals surface area (Å²) in [5, 5.41) is 20.6. The number of hydrogen-bond acceptors (Lipinski definition) is 4. The molecule has 136 valence electrons. The van der Waals surface area contributed by atoms with Gasteiger partial charge in [-0.05, 0) is 66.2 Å². The number of nitrogens with one attached hydrogen (secondary N) is 2. The summed E-state index contributed by atoms with van der Waals surface area (Å²) in [5.74, 6) is -0.414. The van der Waals surface area contributed by atoms with Crippen LogP contribution in [0.3, 0.4) is 0 Å². The second-order valence-corrected chi connectivity index (χ2v) is 6.27. The maximum atomic E-state index is 13.6. The van der Waals surface area contributed by atoms with Crippen molar-refractivity contribution in [2.75, 3.05) is 5.32 Å². The van der Waals surface area contributed by atoms with Crippen LogP contribution in [0.5, 0.6) is 0 Å². The molecule has 2 N–H and O–H groups in total. The normalized spacial score (nSPS) is 11.0. The first kappa shape index (κ1) is 17.4. The number of fused-ring (bicyclic) bond motifs is 1. The predicted molar refractivity (Wildman–Crippen MR) is 108 cm³/mol. The summed E-state index contributed by atoms with van der Waals surface area (Å²) in [6, 6.07) is 17.8. The molecule has 0 bridgehead atoms. The van der Waals surface area contributed by atoms with E-state index in [0.29, 0.717) is 17.7 Å². The SMILES string of the molecule is N#Cc1cc(F)cc(CNc2ccc3n[nH]c(/C=C/c4ccccn4)c3c2)c1. The van der Waals surface area contributed by atoms with Gasteiger partial charge in [-0.1, -0.05) is 6.07 Å². The Morgan fingerprint density at radius 3 is 2.86 bits per heavy atom. The van der Waals surface area contributed by atoms with Gasteiger partial charge in [0, 0.05) is 23.8 Å². The highest BCUT2D eigenvalue weighted by Crippen LogP contribution is 2.23. The van der Waals surface area contributed by atoms with Gasteiger partial charge in [0.15, 0.2) is 0 Å². The van der Waals surface area contributed by atoms with E-state index in [1.54, 1.807) is 12.3 Å². The summed E-state index contributed by atoms with van der Waals surface area (Å²) >= 11 is 0. The molecule has 0 amide bonds. The Labute approximate surface area is 161 Å². The highest BCUT2D eigenvalue weighted by Gasteiger charge is 2.05. The molecular weight excluding hydrogens is 353 g/mol. The van der Waals surface area contributed by atoms with Gasteiger partial charge in [0.05, 0.1) is 28.5 Å². The molecular formula is C22H16FN5. The van der Waals surface area contributed by atoms with Crippen LogP contribution in [0.4, 0.5) is 10.1 Å². The van der Waals surface area contributed by atoms with E-state index >= 15 is 0 Å². The fourth-order valence-electron chi connectivity index (χ4n) is 2.93. The Morgan fingerprint density at radius 2 is 2.04 bits per heavy atom. The first-order valence-electron chi connectivity index (χ1n) is 8.72. The lowest BCUT2D eigenvalue weighted by molar-refractivity contribution is 0.625. The fraction of sp³-hybridized carbons (Fsp3) is 0.0455.